The van der Waals surface area contributed by atoms with Crippen molar-refractivity contribution in [3.63, 3.8) is 0 Å². The summed E-state index contributed by atoms with van der Waals surface area (Å²) in [6.45, 7) is 4.51. The molecule has 0 unspecified atom stereocenters. The van der Waals surface area contributed by atoms with Gasteiger partial charge in [0.25, 0.3) is 5.91 Å². The van der Waals surface area contributed by atoms with Crippen molar-refractivity contribution in [2.45, 2.75) is 45.1 Å². The quantitative estimate of drug-likeness (QED) is 0.796. The molecular weight excluding hydrogens is 320 g/mol. The number of ether oxygens (including phenoxy) is 1. The first-order valence-corrected chi connectivity index (χ1v) is 8.02. The van der Waals surface area contributed by atoms with E-state index in [1.807, 2.05) is 13.8 Å². The lowest BCUT2D eigenvalue weighted by molar-refractivity contribution is -0.139. The van der Waals surface area contributed by atoms with E-state index in [4.69, 9.17) is 21.4 Å². The highest BCUT2D eigenvalue weighted by Gasteiger charge is 2.40. The van der Waals surface area contributed by atoms with Crippen LogP contribution in [-0.2, 0) is 4.79 Å². The van der Waals surface area contributed by atoms with Crippen molar-refractivity contribution < 1.29 is 19.4 Å². The molecule has 0 bridgehead atoms. The van der Waals surface area contributed by atoms with Crippen molar-refractivity contribution >= 4 is 23.5 Å². The summed E-state index contributed by atoms with van der Waals surface area (Å²) in [7, 11) is 0. The smallest absolute Gasteiger partial charge is 0.305 e. The van der Waals surface area contributed by atoms with Gasteiger partial charge >= 0.3 is 5.97 Å². The Kier molecular flexibility index (Phi) is 5.46. The Bertz CT molecular complexity index is 600. The van der Waals surface area contributed by atoms with Crippen LogP contribution in [-0.4, -0.2) is 34.1 Å². The van der Waals surface area contributed by atoms with Crippen molar-refractivity contribution in [3.8, 4) is 5.88 Å². The lowest BCUT2D eigenvalue weighted by Crippen LogP contribution is -2.54. The average Bonchev–Trinajstić information content (AvgIpc) is 2.42. The number of carbonyl (C=O) groups excluding carboxylic acids is 1. The molecule has 1 heterocycles. The molecule has 7 heteroatoms. The van der Waals surface area contributed by atoms with Gasteiger partial charge in [-0.05, 0) is 31.2 Å². The third-order valence-corrected chi connectivity index (χ3v) is 4.07. The van der Waals surface area contributed by atoms with Gasteiger partial charge in [0, 0.05) is 6.20 Å². The molecule has 0 atom stereocenters. The van der Waals surface area contributed by atoms with E-state index in [9.17, 15) is 9.59 Å². The molecule has 0 aliphatic heterocycles. The number of hydrogen-bond donors (Lipinski definition) is 2. The van der Waals surface area contributed by atoms with Crippen molar-refractivity contribution in [2.75, 3.05) is 6.61 Å². The number of aromatic nitrogens is 1. The van der Waals surface area contributed by atoms with Crippen molar-refractivity contribution in [1.82, 2.24) is 10.3 Å². The molecule has 1 aliphatic carbocycles. The van der Waals surface area contributed by atoms with E-state index in [1.165, 1.54) is 12.3 Å². The van der Waals surface area contributed by atoms with E-state index >= 15 is 0 Å². The summed E-state index contributed by atoms with van der Waals surface area (Å²) in [6.07, 6.45) is 3.57. The summed E-state index contributed by atoms with van der Waals surface area (Å²) in [4.78, 5) is 27.3. The molecule has 2 N–H and O–H groups in total. The second-order valence-corrected chi connectivity index (χ2v) is 6.78. The normalized spacial score (nSPS) is 15.8. The van der Waals surface area contributed by atoms with Gasteiger partial charge in [-0.2, -0.15) is 0 Å². The van der Waals surface area contributed by atoms with E-state index in [-0.39, 0.29) is 17.4 Å². The first-order chi connectivity index (χ1) is 10.8. The largest absolute Gasteiger partial charge is 0.481 e. The van der Waals surface area contributed by atoms with Gasteiger partial charge in [0.1, 0.15) is 5.02 Å². The second-order valence-electron chi connectivity index (χ2n) is 6.37. The molecule has 0 spiro atoms. The number of carboxylic acids is 1. The van der Waals surface area contributed by atoms with Gasteiger partial charge in [0.15, 0.2) is 0 Å². The van der Waals surface area contributed by atoms with Crippen LogP contribution in [0.5, 0.6) is 5.88 Å². The highest BCUT2D eigenvalue weighted by atomic mass is 35.5. The van der Waals surface area contributed by atoms with Gasteiger partial charge in [-0.1, -0.05) is 25.4 Å². The molecule has 1 amide bonds. The Labute approximate surface area is 140 Å². The van der Waals surface area contributed by atoms with Crippen LogP contribution in [0.25, 0.3) is 0 Å². The molecule has 126 valence electrons. The third-order valence-electron chi connectivity index (χ3n) is 3.80. The second kappa shape index (κ2) is 7.17. The Morgan fingerprint density at radius 2 is 2.17 bits per heavy atom. The minimum absolute atomic E-state index is 0.0739. The number of nitrogens with one attached hydrogen (secondary N) is 1. The van der Waals surface area contributed by atoms with E-state index in [2.05, 4.69) is 10.3 Å². The predicted octanol–water partition coefficient (Wildman–Crippen LogP) is 2.90. The lowest BCUT2D eigenvalue weighted by atomic mass is 9.74. The molecule has 1 saturated carbocycles. The molecule has 6 nitrogen and oxygen atoms in total. The van der Waals surface area contributed by atoms with Crippen LogP contribution < -0.4 is 10.1 Å². The first-order valence-electron chi connectivity index (χ1n) is 7.64. The molecule has 1 aromatic rings. The monoisotopic (exact) mass is 340 g/mol. The van der Waals surface area contributed by atoms with Crippen LogP contribution in [0.4, 0.5) is 0 Å². The standard InChI is InChI=1S/C16H21ClN2O4/c1-10(2)9-23-15-12(17)6-11(8-18-15)14(22)19-16(4-3-5-16)7-13(20)21/h6,8,10H,3-5,7,9H2,1-2H3,(H,19,22)(H,20,21). The zero-order valence-corrected chi connectivity index (χ0v) is 14.0. The van der Waals surface area contributed by atoms with Crippen LogP contribution >= 0.6 is 11.6 Å². The maximum atomic E-state index is 12.3. The molecule has 2 rings (SSSR count). The fourth-order valence-corrected chi connectivity index (χ4v) is 2.67. The highest BCUT2D eigenvalue weighted by molar-refractivity contribution is 6.32. The van der Waals surface area contributed by atoms with Gasteiger partial charge in [0.2, 0.25) is 5.88 Å². The summed E-state index contributed by atoms with van der Waals surface area (Å²) in [5, 5.41) is 12.1. The van der Waals surface area contributed by atoms with Gasteiger partial charge in [-0.15, -0.1) is 0 Å². The molecule has 1 aromatic heterocycles. The van der Waals surface area contributed by atoms with Crippen molar-refractivity contribution in [1.29, 1.82) is 0 Å². The van der Waals surface area contributed by atoms with Crippen LogP contribution in [0.3, 0.4) is 0 Å². The van der Waals surface area contributed by atoms with Crippen LogP contribution in [0.15, 0.2) is 12.3 Å². The first kappa shape index (κ1) is 17.5. The molecule has 0 saturated heterocycles. The zero-order chi connectivity index (χ0) is 17.0. The lowest BCUT2D eigenvalue weighted by Gasteiger charge is -2.41. The van der Waals surface area contributed by atoms with E-state index < -0.39 is 11.5 Å². The zero-order valence-electron chi connectivity index (χ0n) is 13.3. The Hall–Kier alpha value is -1.82. The number of carbonyl (C=O) groups is 2. The fraction of sp³-hybridized carbons (Fsp3) is 0.562. The summed E-state index contributed by atoms with van der Waals surface area (Å²) in [5.74, 6) is -0.652. The van der Waals surface area contributed by atoms with E-state index in [0.29, 0.717) is 36.8 Å². The SMILES string of the molecule is CC(C)COc1ncc(C(=O)NC2(CC(=O)O)CCC2)cc1Cl. The molecule has 1 aliphatic rings. The molecular formula is C16H21ClN2O4. The number of aliphatic carboxylic acids is 1. The minimum Gasteiger partial charge on any atom is -0.481 e. The van der Waals surface area contributed by atoms with Crippen molar-refractivity contribution in [2.24, 2.45) is 5.92 Å². The Morgan fingerprint density at radius 1 is 1.48 bits per heavy atom. The van der Waals surface area contributed by atoms with E-state index in [1.54, 1.807) is 0 Å². The fourth-order valence-electron chi connectivity index (χ4n) is 2.45. The predicted molar refractivity (Wildman–Crippen MR) is 85.9 cm³/mol. The number of amides is 1. The summed E-state index contributed by atoms with van der Waals surface area (Å²) in [6, 6.07) is 1.49. The number of hydrogen-bond acceptors (Lipinski definition) is 4. The summed E-state index contributed by atoms with van der Waals surface area (Å²) in [5.41, 5.74) is -0.356. The number of rotatable bonds is 7. The number of halogens is 1. The number of pyridine rings is 1. The third kappa shape index (κ3) is 4.58. The molecule has 0 aromatic carbocycles. The van der Waals surface area contributed by atoms with Crippen LogP contribution in [0, 0.1) is 5.92 Å². The van der Waals surface area contributed by atoms with Gasteiger partial charge in [-0.25, -0.2) is 4.98 Å². The molecule has 23 heavy (non-hydrogen) atoms. The topological polar surface area (TPSA) is 88.5 Å². The summed E-state index contributed by atoms with van der Waals surface area (Å²) < 4.78 is 5.47. The summed E-state index contributed by atoms with van der Waals surface area (Å²) >= 11 is 6.10. The minimum atomic E-state index is -0.918. The van der Waals surface area contributed by atoms with Gasteiger partial charge in [-0.3, -0.25) is 9.59 Å². The molecule has 1 fully saturated rings. The Balaban J connectivity index is 2.05. The van der Waals surface area contributed by atoms with Gasteiger partial charge in [0.05, 0.1) is 24.1 Å². The van der Waals surface area contributed by atoms with Crippen LogP contribution in [0.2, 0.25) is 5.02 Å². The van der Waals surface area contributed by atoms with E-state index in [0.717, 1.165) is 6.42 Å². The van der Waals surface area contributed by atoms with Crippen molar-refractivity contribution in [3.05, 3.63) is 22.8 Å². The van der Waals surface area contributed by atoms with Gasteiger partial charge < -0.3 is 15.2 Å². The average molecular weight is 341 g/mol. The Morgan fingerprint density at radius 3 is 2.65 bits per heavy atom. The maximum Gasteiger partial charge on any atom is 0.305 e. The van der Waals surface area contributed by atoms with Crippen LogP contribution in [0.1, 0.15) is 49.9 Å². The number of nitrogens with zero attached hydrogens (tertiary/aromatic N) is 1. The maximum absolute atomic E-state index is 12.3. The molecule has 0 radical (unpaired) electrons. The highest BCUT2D eigenvalue weighted by Crippen LogP contribution is 2.35. The number of carboxylic acid groups (broad SMARTS) is 1.